The average Bonchev–Trinajstić information content (AvgIpc) is 2.91. The predicted octanol–water partition coefficient (Wildman–Crippen LogP) is 3.46. The van der Waals surface area contributed by atoms with Crippen LogP contribution in [0.4, 0.5) is 5.69 Å². The molecule has 21 heavy (non-hydrogen) atoms. The number of anilines is 1. The summed E-state index contributed by atoms with van der Waals surface area (Å²) in [6, 6.07) is 10.7. The van der Waals surface area contributed by atoms with E-state index in [9.17, 15) is 0 Å². The van der Waals surface area contributed by atoms with Crippen molar-refractivity contribution >= 4 is 5.69 Å². The van der Waals surface area contributed by atoms with Crippen molar-refractivity contribution in [3.05, 3.63) is 47.8 Å². The third-order valence-corrected chi connectivity index (χ3v) is 3.84. The van der Waals surface area contributed by atoms with E-state index in [2.05, 4.69) is 54.9 Å². The Labute approximate surface area is 127 Å². The molecule has 114 valence electrons. The van der Waals surface area contributed by atoms with Crippen LogP contribution in [0, 0.1) is 0 Å². The fourth-order valence-corrected chi connectivity index (χ4v) is 2.60. The zero-order valence-corrected chi connectivity index (χ0v) is 13.3. The number of benzene rings is 1. The third kappa shape index (κ3) is 4.33. The highest BCUT2D eigenvalue weighted by Gasteiger charge is 2.09. The fourth-order valence-electron chi connectivity index (χ4n) is 2.60. The highest BCUT2D eigenvalue weighted by Crippen LogP contribution is 2.15. The number of nitrogen functional groups attached to an aromatic ring is 1. The monoisotopic (exact) mass is 286 g/mol. The Hall–Kier alpha value is -1.81. The molecule has 0 radical (unpaired) electrons. The molecule has 0 saturated carbocycles. The fraction of sp³-hybridized carbons (Fsp3) is 0.471. The van der Waals surface area contributed by atoms with Gasteiger partial charge in [0, 0.05) is 25.0 Å². The van der Waals surface area contributed by atoms with Crippen molar-refractivity contribution in [3.8, 4) is 0 Å². The van der Waals surface area contributed by atoms with Crippen LogP contribution < -0.4 is 5.73 Å². The van der Waals surface area contributed by atoms with Crippen molar-refractivity contribution in [1.82, 2.24) is 14.7 Å². The summed E-state index contributed by atoms with van der Waals surface area (Å²) in [6.45, 7) is 6.18. The molecular weight excluding hydrogens is 260 g/mol. The van der Waals surface area contributed by atoms with Crippen molar-refractivity contribution < 1.29 is 0 Å². The molecule has 2 rings (SSSR count). The molecular formula is C17H26N4. The second-order valence-corrected chi connectivity index (χ2v) is 5.67. The van der Waals surface area contributed by atoms with Gasteiger partial charge in [-0.2, -0.15) is 5.10 Å². The van der Waals surface area contributed by atoms with Crippen LogP contribution in [0.25, 0.3) is 0 Å². The Bertz CT molecular complexity index is 540. The van der Waals surface area contributed by atoms with Crippen LogP contribution in [0.3, 0.4) is 0 Å². The van der Waals surface area contributed by atoms with Crippen LogP contribution in [-0.2, 0) is 13.1 Å². The van der Waals surface area contributed by atoms with Crippen LogP contribution in [0.2, 0.25) is 0 Å². The number of nitrogens with two attached hydrogens (primary N) is 1. The smallest absolute Gasteiger partial charge is 0.0764 e. The van der Waals surface area contributed by atoms with Crippen LogP contribution >= 0.6 is 0 Å². The molecule has 0 spiro atoms. The third-order valence-electron chi connectivity index (χ3n) is 3.84. The largest absolute Gasteiger partial charge is 0.399 e. The van der Waals surface area contributed by atoms with E-state index in [-0.39, 0.29) is 0 Å². The molecule has 2 aromatic rings. The molecule has 2 N–H and O–H groups in total. The van der Waals surface area contributed by atoms with Crippen LogP contribution in [0.5, 0.6) is 0 Å². The lowest BCUT2D eigenvalue weighted by Gasteiger charge is -2.16. The standard InChI is InChI=1S/C17H26N4/c1-4-17(5-2)21-11-10-16(19-21)13-20(3)12-14-6-8-15(18)9-7-14/h6-11,17H,4-5,12-13,18H2,1-3H3. The van der Waals surface area contributed by atoms with E-state index < -0.39 is 0 Å². The minimum absolute atomic E-state index is 0.515. The second-order valence-electron chi connectivity index (χ2n) is 5.67. The molecule has 0 bridgehead atoms. The topological polar surface area (TPSA) is 47.1 Å². The highest BCUT2D eigenvalue weighted by atomic mass is 15.3. The normalized spacial score (nSPS) is 11.5. The summed E-state index contributed by atoms with van der Waals surface area (Å²) in [4.78, 5) is 2.27. The van der Waals surface area contributed by atoms with E-state index in [1.165, 1.54) is 5.56 Å². The number of aromatic nitrogens is 2. The Morgan fingerprint density at radius 2 is 1.76 bits per heavy atom. The Balaban J connectivity index is 1.93. The van der Waals surface area contributed by atoms with Crippen LogP contribution in [0.15, 0.2) is 36.5 Å². The second kappa shape index (κ2) is 7.27. The quantitative estimate of drug-likeness (QED) is 0.793. The summed E-state index contributed by atoms with van der Waals surface area (Å²) >= 11 is 0. The Kier molecular flexibility index (Phi) is 5.39. The van der Waals surface area contributed by atoms with E-state index in [4.69, 9.17) is 10.8 Å². The number of hydrogen-bond acceptors (Lipinski definition) is 3. The Morgan fingerprint density at radius 1 is 1.10 bits per heavy atom. The molecule has 4 nitrogen and oxygen atoms in total. The van der Waals surface area contributed by atoms with Gasteiger partial charge in [-0.05, 0) is 43.7 Å². The van der Waals surface area contributed by atoms with E-state index in [0.717, 1.165) is 37.3 Å². The van der Waals surface area contributed by atoms with Gasteiger partial charge in [-0.25, -0.2) is 0 Å². The molecule has 0 aliphatic heterocycles. The lowest BCUT2D eigenvalue weighted by atomic mass is 10.2. The number of hydrogen-bond donors (Lipinski definition) is 1. The first-order valence-electron chi connectivity index (χ1n) is 7.69. The minimum atomic E-state index is 0.515. The molecule has 4 heteroatoms. The maximum absolute atomic E-state index is 5.71. The number of rotatable bonds is 7. The molecule has 0 aliphatic rings. The van der Waals surface area contributed by atoms with Crippen LogP contribution in [0.1, 0.15) is 44.0 Å². The van der Waals surface area contributed by atoms with Crippen molar-refractivity contribution in [2.24, 2.45) is 0 Å². The van der Waals surface area contributed by atoms with E-state index in [1.54, 1.807) is 0 Å². The first-order valence-corrected chi connectivity index (χ1v) is 7.69. The van der Waals surface area contributed by atoms with Gasteiger partial charge >= 0.3 is 0 Å². The first kappa shape index (κ1) is 15.6. The van der Waals surface area contributed by atoms with Crippen LogP contribution in [-0.4, -0.2) is 21.7 Å². The predicted molar refractivity (Wildman–Crippen MR) is 87.9 cm³/mol. The summed E-state index contributed by atoms with van der Waals surface area (Å²) < 4.78 is 2.10. The van der Waals surface area contributed by atoms with Gasteiger partial charge in [-0.3, -0.25) is 9.58 Å². The summed E-state index contributed by atoms with van der Waals surface area (Å²) in [5, 5.41) is 4.70. The van der Waals surface area contributed by atoms with E-state index >= 15 is 0 Å². The van der Waals surface area contributed by atoms with Gasteiger partial charge in [0.25, 0.3) is 0 Å². The number of nitrogens with zero attached hydrogens (tertiary/aromatic N) is 3. The van der Waals surface area contributed by atoms with Gasteiger partial charge in [0.05, 0.1) is 11.7 Å². The zero-order chi connectivity index (χ0) is 15.2. The lowest BCUT2D eigenvalue weighted by Crippen LogP contribution is -2.18. The molecule has 1 aromatic carbocycles. The molecule has 1 aromatic heterocycles. The highest BCUT2D eigenvalue weighted by molar-refractivity contribution is 5.39. The molecule has 0 amide bonds. The maximum Gasteiger partial charge on any atom is 0.0764 e. The first-order chi connectivity index (χ1) is 10.1. The zero-order valence-electron chi connectivity index (χ0n) is 13.3. The van der Waals surface area contributed by atoms with Crippen molar-refractivity contribution in [3.63, 3.8) is 0 Å². The molecule has 0 atom stereocenters. The summed E-state index contributed by atoms with van der Waals surface area (Å²) in [5.41, 5.74) is 8.92. The van der Waals surface area contributed by atoms with Crippen molar-refractivity contribution in [1.29, 1.82) is 0 Å². The Morgan fingerprint density at radius 3 is 2.38 bits per heavy atom. The molecule has 1 heterocycles. The molecule has 0 aliphatic carbocycles. The van der Waals surface area contributed by atoms with Crippen molar-refractivity contribution in [2.45, 2.75) is 45.8 Å². The van der Waals surface area contributed by atoms with Gasteiger partial charge in [0.1, 0.15) is 0 Å². The van der Waals surface area contributed by atoms with Gasteiger partial charge in [-0.15, -0.1) is 0 Å². The van der Waals surface area contributed by atoms with Gasteiger partial charge in [0.2, 0.25) is 0 Å². The van der Waals surface area contributed by atoms with Gasteiger partial charge < -0.3 is 5.73 Å². The summed E-state index contributed by atoms with van der Waals surface area (Å²) in [5.74, 6) is 0. The minimum Gasteiger partial charge on any atom is -0.399 e. The molecule has 0 fully saturated rings. The molecule has 0 unspecified atom stereocenters. The SMILES string of the molecule is CCC(CC)n1ccc(CN(C)Cc2ccc(N)cc2)n1. The van der Waals surface area contributed by atoms with E-state index in [1.807, 2.05) is 12.1 Å². The van der Waals surface area contributed by atoms with Gasteiger partial charge in [-0.1, -0.05) is 26.0 Å². The summed E-state index contributed by atoms with van der Waals surface area (Å²) in [7, 11) is 2.12. The maximum atomic E-state index is 5.71. The lowest BCUT2D eigenvalue weighted by molar-refractivity contribution is 0.311. The average molecular weight is 286 g/mol. The summed E-state index contributed by atoms with van der Waals surface area (Å²) in [6.07, 6.45) is 4.35. The van der Waals surface area contributed by atoms with Crippen molar-refractivity contribution in [2.75, 3.05) is 12.8 Å². The van der Waals surface area contributed by atoms with Gasteiger partial charge in [0.15, 0.2) is 0 Å². The molecule has 0 saturated heterocycles. The van der Waals surface area contributed by atoms with E-state index in [0.29, 0.717) is 6.04 Å².